The van der Waals surface area contributed by atoms with Crippen molar-refractivity contribution in [3.8, 4) is 11.5 Å². The number of anilines is 2. The number of carbonyl (C=O) groups excluding carboxylic acids is 1. The smallest absolute Gasteiger partial charge is 0.246 e. The number of nitrogens with one attached hydrogen (secondary N) is 2. The highest BCUT2D eigenvalue weighted by molar-refractivity contribution is 5.96. The summed E-state index contributed by atoms with van der Waals surface area (Å²) in [5.41, 5.74) is 2.88. The largest absolute Gasteiger partial charge is 0.493 e. The summed E-state index contributed by atoms with van der Waals surface area (Å²) in [6.45, 7) is 8.30. The van der Waals surface area contributed by atoms with Gasteiger partial charge in [-0.2, -0.15) is 0 Å². The second-order valence-corrected chi connectivity index (χ2v) is 7.25. The van der Waals surface area contributed by atoms with Gasteiger partial charge in [-0.15, -0.1) is 0 Å². The van der Waals surface area contributed by atoms with E-state index in [2.05, 4.69) is 31.4 Å². The Morgan fingerprint density at radius 3 is 2.04 bits per heavy atom. The van der Waals surface area contributed by atoms with Gasteiger partial charge in [0.1, 0.15) is 6.04 Å². The zero-order valence-electron chi connectivity index (χ0n) is 16.3. The average Bonchev–Trinajstić information content (AvgIpc) is 2.61. The van der Waals surface area contributed by atoms with Crippen LogP contribution in [0.3, 0.4) is 0 Å². The van der Waals surface area contributed by atoms with Gasteiger partial charge in [-0.1, -0.05) is 32.9 Å². The lowest BCUT2D eigenvalue weighted by atomic mass is 9.87. The monoisotopic (exact) mass is 356 g/mol. The summed E-state index contributed by atoms with van der Waals surface area (Å²) in [5.74, 6) is 1.15. The molecule has 0 aliphatic heterocycles. The molecule has 0 radical (unpaired) electrons. The van der Waals surface area contributed by atoms with Crippen LogP contribution in [0.25, 0.3) is 0 Å². The van der Waals surface area contributed by atoms with Crippen molar-refractivity contribution in [3.63, 3.8) is 0 Å². The molecule has 5 nitrogen and oxygen atoms in total. The van der Waals surface area contributed by atoms with Crippen molar-refractivity contribution in [1.29, 1.82) is 0 Å². The van der Waals surface area contributed by atoms with Crippen molar-refractivity contribution in [1.82, 2.24) is 0 Å². The number of amides is 1. The molecule has 2 rings (SSSR count). The Morgan fingerprint density at radius 2 is 1.50 bits per heavy atom. The Labute approximate surface area is 155 Å². The second-order valence-electron chi connectivity index (χ2n) is 7.25. The lowest BCUT2D eigenvalue weighted by Crippen LogP contribution is -2.31. The summed E-state index contributed by atoms with van der Waals surface area (Å²) >= 11 is 0. The lowest BCUT2D eigenvalue weighted by Gasteiger charge is -2.20. The highest BCUT2D eigenvalue weighted by Gasteiger charge is 2.16. The normalized spacial score (nSPS) is 12.2. The molecular formula is C21H28N2O3. The van der Waals surface area contributed by atoms with Gasteiger partial charge in [0.2, 0.25) is 5.91 Å². The average molecular weight is 356 g/mol. The van der Waals surface area contributed by atoms with Crippen LogP contribution in [0.4, 0.5) is 11.4 Å². The van der Waals surface area contributed by atoms with Gasteiger partial charge in [0.05, 0.1) is 14.2 Å². The quantitative estimate of drug-likeness (QED) is 0.803. The molecule has 1 amide bonds. The number of carbonyl (C=O) groups is 1. The standard InChI is InChI=1S/C21H28N2O3/c1-14(22-17-11-12-18(25-5)19(13-17)26-6)20(24)23-16-9-7-15(8-10-16)21(2,3)4/h7-14,22H,1-6H3,(H,23,24)/t14-/m1/s1. The van der Waals surface area contributed by atoms with Crippen LogP contribution in [0.2, 0.25) is 0 Å². The molecule has 140 valence electrons. The van der Waals surface area contributed by atoms with Gasteiger partial charge in [0.25, 0.3) is 0 Å². The SMILES string of the molecule is COc1ccc(N[C@H](C)C(=O)Nc2ccc(C(C)(C)C)cc2)cc1OC. The molecule has 0 spiro atoms. The molecule has 26 heavy (non-hydrogen) atoms. The molecule has 0 fully saturated rings. The van der Waals surface area contributed by atoms with Gasteiger partial charge < -0.3 is 20.1 Å². The van der Waals surface area contributed by atoms with Crippen LogP contribution in [0, 0.1) is 0 Å². The van der Waals surface area contributed by atoms with E-state index < -0.39 is 6.04 Å². The van der Waals surface area contributed by atoms with E-state index in [1.807, 2.05) is 37.3 Å². The van der Waals surface area contributed by atoms with E-state index >= 15 is 0 Å². The predicted octanol–water partition coefficient (Wildman–Crippen LogP) is 4.44. The Balaban J connectivity index is 2.01. The van der Waals surface area contributed by atoms with E-state index in [-0.39, 0.29) is 11.3 Å². The van der Waals surface area contributed by atoms with Crippen molar-refractivity contribution < 1.29 is 14.3 Å². The molecule has 0 unspecified atom stereocenters. The van der Waals surface area contributed by atoms with Crippen LogP contribution in [-0.2, 0) is 10.2 Å². The maximum Gasteiger partial charge on any atom is 0.246 e. The third-order valence-corrected chi connectivity index (χ3v) is 4.18. The Morgan fingerprint density at radius 1 is 0.923 bits per heavy atom. The van der Waals surface area contributed by atoms with Crippen molar-refractivity contribution in [2.75, 3.05) is 24.9 Å². The molecular weight excluding hydrogens is 328 g/mol. The highest BCUT2D eigenvalue weighted by Crippen LogP contribution is 2.30. The fourth-order valence-electron chi connectivity index (χ4n) is 2.55. The van der Waals surface area contributed by atoms with E-state index in [4.69, 9.17) is 9.47 Å². The summed E-state index contributed by atoms with van der Waals surface area (Å²) in [5, 5.41) is 6.11. The zero-order valence-corrected chi connectivity index (χ0v) is 16.3. The van der Waals surface area contributed by atoms with Crippen LogP contribution in [0.5, 0.6) is 11.5 Å². The first-order valence-corrected chi connectivity index (χ1v) is 8.64. The molecule has 1 atom stereocenters. The van der Waals surface area contributed by atoms with Crippen molar-refractivity contribution in [3.05, 3.63) is 48.0 Å². The van der Waals surface area contributed by atoms with Gasteiger partial charge in [-0.3, -0.25) is 4.79 Å². The molecule has 0 heterocycles. The van der Waals surface area contributed by atoms with Crippen LogP contribution < -0.4 is 20.1 Å². The third kappa shape index (κ3) is 4.91. The van der Waals surface area contributed by atoms with Gasteiger partial charge in [-0.05, 0) is 42.2 Å². The summed E-state index contributed by atoms with van der Waals surface area (Å²) in [6.07, 6.45) is 0. The van der Waals surface area contributed by atoms with E-state index in [9.17, 15) is 4.79 Å². The fourth-order valence-corrected chi connectivity index (χ4v) is 2.55. The summed E-state index contributed by atoms with van der Waals surface area (Å²) in [7, 11) is 3.17. The molecule has 0 saturated carbocycles. The number of rotatable bonds is 6. The summed E-state index contributed by atoms with van der Waals surface area (Å²) in [6, 6.07) is 13.0. The molecule has 2 aromatic carbocycles. The first-order chi connectivity index (χ1) is 12.2. The molecule has 0 aromatic heterocycles. The molecule has 5 heteroatoms. The minimum atomic E-state index is -0.407. The maximum atomic E-state index is 12.4. The summed E-state index contributed by atoms with van der Waals surface area (Å²) in [4.78, 5) is 12.4. The minimum Gasteiger partial charge on any atom is -0.493 e. The number of ether oxygens (including phenoxy) is 2. The molecule has 2 N–H and O–H groups in total. The van der Waals surface area contributed by atoms with E-state index in [1.165, 1.54) is 5.56 Å². The van der Waals surface area contributed by atoms with Gasteiger partial charge in [-0.25, -0.2) is 0 Å². The van der Waals surface area contributed by atoms with Gasteiger partial charge in [0, 0.05) is 17.4 Å². The van der Waals surface area contributed by atoms with Crippen LogP contribution >= 0.6 is 0 Å². The lowest BCUT2D eigenvalue weighted by molar-refractivity contribution is -0.116. The van der Waals surface area contributed by atoms with Crippen molar-refractivity contribution >= 4 is 17.3 Å². The Bertz CT molecular complexity index is 749. The minimum absolute atomic E-state index is 0.0881. The molecule has 0 saturated heterocycles. The predicted molar refractivity (Wildman–Crippen MR) is 106 cm³/mol. The van der Waals surface area contributed by atoms with Crippen LogP contribution in [0.15, 0.2) is 42.5 Å². The van der Waals surface area contributed by atoms with E-state index in [0.717, 1.165) is 11.4 Å². The second kappa shape index (κ2) is 8.13. The molecule has 2 aromatic rings. The molecule has 0 bridgehead atoms. The van der Waals surface area contributed by atoms with E-state index in [0.29, 0.717) is 11.5 Å². The fraction of sp³-hybridized carbons (Fsp3) is 0.381. The van der Waals surface area contributed by atoms with Crippen molar-refractivity contribution in [2.45, 2.75) is 39.2 Å². The van der Waals surface area contributed by atoms with Crippen LogP contribution in [-0.4, -0.2) is 26.2 Å². The van der Waals surface area contributed by atoms with Gasteiger partial charge >= 0.3 is 0 Å². The number of hydrogen-bond acceptors (Lipinski definition) is 4. The van der Waals surface area contributed by atoms with E-state index in [1.54, 1.807) is 26.4 Å². The highest BCUT2D eigenvalue weighted by atomic mass is 16.5. The number of methoxy groups -OCH3 is 2. The number of hydrogen-bond donors (Lipinski definition) is 2. The van der Waals surface area contributed by atoms with Crippen molar-refractivity contribution in [2.24, 2.45) is 0 Å². The molecule has 0 aliphatic carbocycles. The zero-order chi connectivity index (χ0) is 19.3. The topological polar surface area (TPSA) is 59.6 Å². The molecule has 0 aliphatic rings. The Hall–Kier alpha value is -2.69. The first kappa shape index (κ1) is 19.6. The Kier molecular flexibility index (Phi) is 6.14. The first-order valence-electron chi connectivity index (χ1n) is 8.64. The van der Waals surface area contributed by atoms with Crippen LogP contribution in [0.1, 0.15) is 33.3 Å². The summed E-state index contributed by atoms with van der Waals surface area (Å²) < 4.78 is 10.5. The van der Waals surface area contributed by atoms with Gasteiger partial charge in [0.15, 0.2) is 11.5 Å². The maximum absolute atomic E-state index is 12.4. The third-order valence-electron chi connectivity index (χ3n) is 4.18. The number of benzene rings is 2.